The van der Waals surface area contributed by atoms with Crippen molar-refractivity contribution in [1.82, 2.24) is 10.9 Å². The van der Waals surface area contributed by atoms with Crippen molar-refractivity contribution in [3.63, 3.8) is 0 Å². The predicted octanol–water partition coefficient (Wildman–Crippen LogP) is 6.89. The summed E-state index contributed by atoms with van der Waals surface area (Å²) in [7, 11) is 0. The van der Waals surface area contributed by atoms with Gasteiger partial charge in [0.2, 0.25) is 0 Å². The summed E-state index contributed by atoms with van der Waals surface area (Å²) in [5.74, 6) is 7.10. The van der Waals surface area contributed by atoms with Crippen molar-refractivity contribution in [2.24, 2.45) is 10.4 Å². The number of hydrogen-bond donors (Lipinski definition) is 2. The first kappa shape index (κ1) is 22.9. The lowest BCUT2D eigenvalue weighted by Gasteiger charge is -2.16. The molecule has 0 radical (unpaired) electrons. The summed E-state index contributed by atoms with van der Waals surface area (Å²) in [5, 5.41) is 8.29. The third-order valence-corrected chi connectivity index (χ3v) is 7.04. The highest BCUT2D eigenvalue weighted by Gasteiger charge is 2.19. The molecule has 3 aromatic carbocycles. The van der Waals surface area contributed by atoms with Crippen LogP contribution >= 0.6 is 11.3 Å². The number of hydrogen-bond acceptors (Lipinski definition) is 6. The Balaban J connectivity index is 1.31. The van der Waals surface area contributed by atoms with E-state index in [1.165, 1.54) is 11.3 Å². The molecule has 0 saturated heterocycles. The van der Waals surface area contributed by atoms with Crippen molar-refractivity contribution >= 4 is 21.4 Å². The monoisotopic (exact) mass is 484 g/mol. The second kappa shape index (κ2) is 10.2. The summed E-state index contributed by atoms with van der Waals surface area (Å²) in [6.45, 7) is 4.25. The van der Waals surface area contributed by atoms with Crippen molar-refractivity contribution in [2.45, 2.75) is 39.0 Å². The molecule has 1 atom stereocenters. The first-order valence-corrected chi connectivity index (χ1v) is 12.3. The van der Waals surface area contributed by atoms with E-state index in [2.05, 4.69) is 33.1 Å². The van der Waals surface area contributed by atoms with Crippen LogP contribution in [0, 0.1) is 23.9 Å². The normalized spacial score (nSPS) is 13.7. The van der Waals surface area contributed by atoms with E-state index in [0.29, 0.717) is 12.2 Å². The van der Waals surface area contributed by atoms with Crippen molar-refractivity contribution in [3.8, 4) is 28.7 Å². The molecule has 0 saturated carbocycles. The van der Waals surface area contributed by atoms with Crippen LogP contribution in [-0.2, 0) is 6.61 Å². The summed E-state index contributed by atoms with van der Waals surface area (Å²) in [4.78, 5) is 0. The molecule has 0 aliphatic carbocycles. The number of nitrogens with one attached hydrogen (secondary N) is 2. The predicted molar refractivity (Wildman–Crippen MR) is 138 cm³/mol. The molecule has 5 nitrogen and oxygen atoms in total. The summed E-state index contributed by atoms with van der Waals surface area (Å²) in [6.07, 6.45) is 0.715. The van der Waals surface area contributed by atoms with Crippen LogP contribution in [-0.4, -0.2) is 6.17 Å². The Kier molecular flexibility index (Phi) is 6.64. The van der Waals surface area contributed by atoms with Gasteiger partial charge in [0.25, 0.3) is 0 Å². The number of halogens is 1. The molecule has 7 heteroatoms. The topological polar surface area (TPSA) is 58.0 Å². The fourth-order valence-electron chi connectivity index (χ4n) is 4.29. The van der Waals surface area contributed by atoms with Crippen LogP contribution in [0.3, 0.4) is 0 Å². The molecule has 0 spiro atoms. The highest BCUT2D eigenvalue weighted by atomic mass is 32.1. The molecule has 2 heterocycles. The number of aryl methyl sites for hydroxylation is 1. The van der Waals surface area contributed by atoms with Crippen molar-refractivity contribution in [2.75, 3.05) is 0 Å². The number of ether oxygens (including phenoxy) is 1. The van der Waals surface area contributed by atoms with Crippen LogP contribution in [0.1, 0.15) is 36.0 Å². The molecule has 1 aromatic heterocycles. The molecule has 4 aromatic rings. The van der Waals surface area contributed by atoms with Crippen LogP contribution in [0.5, 0.6) is 5.75 Å². The maximum Gasteiger partial charge on any atom is 0.185 e. The molecular formula is C28H25FN4OS. The third kappa shape index (κ3) is 4.98. The van der Waals surface area contributed by atoms with E-state index in [4.69, 9.17) is 4.74 Å². The van der Waals surface area contributed by atoms with Gasteiger partial charge in [0, 0.05) is 28.0 Å². The van der Waals surface area contributed by atoms with Crippen molar-refractivity contribution in [1.29, 1.82) is 0 Å². The maximum absolute atomic E-state index is 14.9. The Morgan fingerprint density at radius 1 is 1.06 bits per heavy atom. The zero-order valence-corrected chi connectivity index (χ0v) is 20.3. The number of nitrogens with zero attached hydrogens (tertiary/aromatic N) is 2. The van der Waals surface area contributed by atoms with Gasteiger partial charge in [0.1, 0.15) is 18.5 Å². The molecule has 0 unspecified atom stereocenters. The van der Waals surface area contributed by atoms with Gasteiger partial charge in [-0.05, 0) is 60.4 Å². The van der Waals surface area contributed by atoms with E-state index in [1.807, 2.05) is 80.6 Å². The van der Waals surface area contributed by atoms with Gasteiger partial charge >= 0.3 is 0 Å². The lowest BCUT2D eigenvalue weighted by molar-refractivity contribution is 0.306. The van der Waals surface area contributed by atoms with Crippen LogP contribution in [0.15, 0.2) is 77.2 Å². The summed E-state index contributed by atoms with van der Waals surface area (Å²) < 4.78 is 21.9. The summed E-state index contributed by atoms with van der Waals surface area (Å²) in [6, 6.07) is 21.9. The molecule has 1 aliphatic heterocycles. The van der Waals surface area contributed by atoms with Gasteiger partial charge in [-0.25, -0.2) is 0 Å². The number of benzene rings is 3. The second-order valence-electron chi connectivity index (χ2n) is 8.45. The molecule has 2 N–H and O–H groups in total. The molecule has 0 amide bonds. The molecule has 5 rings (SSSR count). The molecule has 0 fully saturated rings. The zero-order valence-electron chi connectivity index (χ0n) is 19.5. The van der Waals surface area contributed by atoms with Gasteiger partial charge in [-0.1, -0.05) is 58.8 Å². The fourth-order valence-corrected chi connectivity index (χ4v) is 5.21. The minimum absolute atomic E-state index is 0.0294. The van der Waals surface area contributed by atoms with Gasteiger partial charge in [-0.15, -0.1) is 17.3 Å². The molecular weight excluding hydrogens is 459 g/mol. The standard InChI is InChI=1S/C28H25FN4OS/c1-3-6-21(16-26-30-32-33-31-26)20-10-12-22(13-11-20)34-17-19-9-14-25-24(15-19)27(28(29)35-25)23-8-5-4-7-18(23)2/h4-5,7-15,21,26H,16-17H2,1-2H3,(H,30,33)(H,31,32)/t21-/m0/s1. The average Bonchev–Trinajstić information content (AvgIpc) is 3.50. The van der Waals surface area contributed by atoms with Crippen LogP contribution < -0.4 is 15.6 Å². The highest BCUT2D eigenvalue weighted by molar-refractivity contribution is 7.18. The lowest BCUT2D eigenvalue weighted by atomic mass is 9.95. The minimum atomic E-state index is -0.155. The van der Waals surface area contributed by atoms with E-state index in [0.717, 1.165) is 44.5 Å². The molecule has 1 aliphatic rings. The van der Waals surface area contributed by atoms with Gasteiger partial charge in [0.15, 0.2) is 5.13 Å². The van der Waals surface area contributed by atoms with Crippen molar-refractivity contribution in [3.05, 3.63) is 88.6 Å². The van der Waals surface area contributed by atoms with E-state index < -0.39 is 0 Å². The quantitative estimate of drug-likeness (QED) is 0.281. The van der Waals surface area contributed by atoms with Gasteiger partial charge < -0.3 is 4.74 Å². The lowest BCUT2D eigenvalue weighted by Crippen LogP contribution is -2.32. The second-order valence-corrected chi connectivity index (χ2v) is 9.45. The van der Waals surface area contributed by atoms with E-state index >= 15 is 0 Å². The first-order chi connectivity index (χ1) is 17.1. The van der Waals surface area contributed by atoms with E-state index in [1.54, 1.807) is 0 Å². The Hall–Kier alpha value is -3.89. The summed E-state index contributed by atoms with van der Waals surface area (Å²) >= 11 is 1.19. The van der Waals surface area contributed by atoms with Crippen molar-refractivity contribution < 1.29 is 9.13 Å². The molecule has 0 bridgehead atoms. The van der Waals surface area contributed by atoms with Crippen LogP contribution in [0.25, 0.3) is 21.2 Å². The Morgan fingerprint density at radius 2 is 1.83 bits per heavy atom. The van der Waals surface area contributed by atoms with Gasteiger partial charge in [-0.2, -0.15) is 4.39 Å². The minimum Gasteiger partial charge on any atom is -0.489 e. The van der Waals surface area contributed by atoms with Crippen LogP contribution in [0.2, 0.25) is 0 Å². The largest absolute Gasteiger partial charge is 0.489 e. The Bertz CT molecular complexity index is 1430. The zero-order chi connectivity index (χ0) is 24.2. The number of fused-ring (bicyclic) bond motifs is 1. The average molecular weight is 485 g/mol. The fraction of sp³-hybridized carbons (Fsp3) is 0.214. The SMILES string of the molecule is CC#C[C@@H](CC1NN=NN1)c1ccc(OCc2ccc3sc(F)c(-c4ccccc4C)c3c2)cc1. The number of thiophene rings is 1. The first-order valence-electron chi connectivity index (χ1n) is 11.4. The van der Waals surface area contributed by atoms with Crippen LogP contribution in [0.4, 0.5) is 4.39 Å². The van der Waals surface area contributed by atoms with Gasteiger partial charge in [0.05, 0.1) is 0 Å². The molecule has 35 heavy (non-hydrogen) atoms. The highest BCUT2D eigenvalue weighted by Crippen LogP contribution is 2.39. The Labute approximate surface area is 208 Å². The maximum atomic E-state index is 14.9. The van der Waals surface area contributed by atoms with E-state index in [9.17, 15) is 4.39 Å². The van der Waals surface area contributed by atoms with E-state index in [-0.39, 0.29) is 17.2 Å². The Morgan fingerprint density at radius 3 is 2.57 bits per heavy atom. The smallest absolute Gasteiger partial charge is 0.185 e. The van der Waals surface area contributed by atoms with Gasteiger partial charge in [-0.3, -0.25) is 10.9 Å². The number of rotatable bonds is 7. The third-order valence-electron chi connectivity index (χ3n) is 6.08. The molecule has 176 valence electrons. The summed E-state index contributed by atoms with van der Waals surface area (Å²) in [5.41, 5.74) is 10.6.